The highest BCUT2D eigenvalue weighted by atomic mass is 19.4. The molecule has 0 saturated carbocycles. The molecule has 1 aromatic carbocycles. The lowest BCUT2D eigenvalue weighted by Crippen LogP contribution is -2.09. The van der Waals surface area contributed by atoms with Gasteiger partial charge < -0.3 is 10.1 Å². The van der Waals surface area contributed by atoms with Crippen LogP contribution in [0.4, 0.5) is 29.2 Å². The summed E-state index contributed by atoms with van der Waals surface area (Å²) in [4.78, 5) is 19.7. The zero-order valence-electron chi connectivity index (χ0n) is 16.3. The highest BCUT2D eigenvalue weighted by Crippen LogP contribution is 2.33. The fraction of sp³-hybridized carbons (Fsp3) is 0.300. The van der Waals surface area contributed by atoms with Gasteiger partial charge in [-0.05, 0) is 50.6 Å². The van der Waals surface area contributed by atoms with Crippen LogP contribution in [0.2, 0.25) is 0 Å². The molecule has 1 N–H and O–H groups in total. The number of nitrogens with zero attached hydrogens (tertiary/aromatic N) is 4. The summed E-state index contributed by atoms with van der Waals surface area (Å²) in [6.07, 6.45) is -2.31. The molecule has 0 radical (unpaired) electrons. The van der Waals surface area contributed by atoms with E-state index in [1.165, 1.54) is 13.0 Å². The van der Waals surface area contributed by atoms with Crippen LogP contribution in [0.3, 0.4) is 0 Å². The molecular formula is C20H19F4N5O. The van der Waals surface area contributed by atoms with Crippen LogP contribution in [0.25, 0.3) is 11.4 Å². The van der Waals surface area contributed by atoms with Crippen LogP contribution in [0.1, 0.15) is 31.0 Å². The zero-order chi connectivity index (χ0) is 21.9. The minimum atomic E-state index is -4.82. The average Bonchev–Trinajstić information content (AvgIpc) is 3.05. The van der Waals surface area contributed by atoms with Crippen molar-refractivity contribution in [1.29, 1.82) is 0 Å². The first-order chi connectivity index (χ1) is 14.1. The number of alkyl halides is 3. The minimum Gasteiger partial charge on any atom is -0.323 e. The van der Waals surface area contributed by atoms with Gasteiger partial charge >= 0.3 is 6.18 Å². The minimum absolute atomic E-state index is 0.00192. The number of aromatic nitrogens is 4. The van der Waals surface area contributed by atoms with Gasteiger partial charge in [-0.15, -0.1) is 5.10 Å². The molecular weight excluding hydrogens is 402 g/mol. The van der Waals surface area contributed by atoms with Gasteiger partial charge in [0.15, 0.2) is 5.82 Å². The molecule has 0 aliphatic heterocycles. The maximum atomic E-state index is 13.5. The number of nitrogens with one attached hydrogen (secondary N) is 1. The van der Waals surface area contributed by atoms with Crippen LogP contribution in [-0.4, -0.2) is 25.5 Å². The number of pyridine rings is 1. The van der Waals surface area contributed by atoms with E-state index in [0.29, 0.717) is 31.3 Å². The SMILES string of the molecule is CC(=O)CCCn1nc(Nc2ccc(F)c(C(F)(F)F)c2)nc1-c1ccnc(C)c1. The van der Waals surface area contributed by atoms with Crippen LogP contribution >= 0.6 is 0 Å². The van der Waals surface area contributed by atoms with Crippen molar-refractivity contribution in [3.63, 3.8) is 0 Å². The summed E-state index contributed by atoms with van der Waals surface area (Å²) in [7, 11) is 0. The largest absolute Gasteiger partial charge is 0.419 e. The molecule has 0 unspecified atom stereocenters. The second-order valence-corrected chi connectivity index (χ2v) is 6.79. The molecule has 0 atom stereocenters. The van der Waals surface area contributed by atoms with Crippen molar-refractivity contribution in [2.45, 2.75) is 39.4 Å². The Balaban J connectivity index is 1.93. The van der Waals surface area contributed by atoms with Crippen LogP contribution in [-0.2, 0) is 17.5 Å². The average molecular weight is 421 g/mol. The van der Waals surface area contributed by atoms with Gasteiger partial charge in [-0.2, -0.15) is 18.2 Å². The van der Waals surface area contributed by atoms with E-state index in [1.54, 1.807) is 23.0 Å². The normalized spacial score (nSPS) is 11.5. The number of aryl methyl sites for hydroxylation is 2. The molecule has 2 heterocycles. The number of ketones is 1. The molecule has 0 fully saturated rings. The summed E-state index contributed by atoms with van der Waals surface area (Å²) < 4.78 is 54.0. The van der Waals surface area contributed by atoms with Gasteiger partial charge in [0.2, 0.25) is 5.95 Å². The van der Waals surface area contributed by atoms with E-state index in [2.05, 4.69) is 20.4 Å². The number of rotatable bonds is 7. The molecule has 0 aliphatic carbocycles. The maximum absolute atomic E-state index is 13.5. The standard InChI is InChI=1S/C20H19F4N5O/c1-12-10-14(7-8-25-12)18-27-19(28-29(18)9-3-4-13(2)30)26-15-5-6-17(21)16(11-15)20(22,23)24/h5-8,10-11H,3-4,9H2,1-2H3,(H,26,28). The molecule has 158 valence electrons. The number of hydrogen-bond donors (Lipinski definition) is 1. The third kappa shape index (κ3) is 5.19. The molecule has 3 rings (SSSR count). The van der Waals surface area contributed by atoms with Gasteiger partial charge in [-0.3, -0.25) is 4.98 Å². The topological polar surface area (TPSA) is 72.7 Å². The van der Waals surface area contributed by atoms with Crippen LogP contribution in [0, 0.1) is 12.7 Å². The monoisotopic (exact) mass is 421 g/mol. The Hall–Kier alpha value is -3.30. The smallest absolute Gasteiger partial charge is 0.323 e. The van der Waals surface area contributed by atoms with E-state index in [4.69, 9.17) is 0 Å². The van der Waals surface area contributed by atoms with Gasteiger partial charge in [0.05, 0.1) is 5.56 Å². The molecule has 3 aromatic rings. The zero-order valence-corrected chi connectivity index (χ0v) is 16.3. The van der Waals surface area contributed by atoms with Crippen molar-refractivity contribution in [3.05, 3.63) is 53.6 Å². The maximum Gasteiger partial charge on any atom is 0.419 e. The Morgan fingerprint density at radius 3 is 2.63 bits per heavy atom. The van der Waals surface area contributed by atoms with Crippen LogP contribution in [0.15, 0.2) is 36.5 Å². The quantitative estimate of drug-likeness (QED) is 0.549. The summed E-state index contributed by atoms with van der Waals surface area (Å²) in [6, 6.07) is 6.12. The first-order valence-corrected chi connectivity index (χ1v) is 9.14. The lowest BCUT2D eigenvalue weighted by molar-refractivity contribution is -0.139. The third-order valence-electron chi connectivity index (χ3n) is 4.25. The second-order valence-electron chi connectivity index (χ2n) is 6.79. The molecule has 0 aliphatic rings. The Bertz CT molecular complexity index is 1060. The lowest BCUT2D eigenvalue weighted by atomic mass is 10.2. The fourth-order valence-corrected chi connectivity index (χ4v) is 2.88. The Kier molecular flexibility index (Phi) is 6.14. The van der Waals surface area contributed by atoms with E-state index in [1.807, 2.05) is 6.92 Å². The highest BCUT2D eigenvalue weighted by molar-refractivity contribution is 5.75. The molecule has 0 bridgehead atoms. The molecule has 2 aromatic heterocycles. The van der Waals surface area contributed by atoms with Crippen molar-refractivity contribution in [3.8, 4) is 11.4 Å². The van der Waals surface area contributed by atoms with E-state index in [0.717, 1.165) is 17.3 Å². The van der Waals surface area contributed by atoms with Gasteiger partial charge in [-0.1, -0.05) is 0 Å². The molecule has 10 heteroatoms. The van der Waals surface area contributed by atoms with E-state index in [-0.39, 0.29) is 17.4 Å². The van der Waals surface area contributed by atoms with Crippen molar-refractivity contribution in [2.24, 2.45) is 0 Å². The highest BCUT2D eigenvalue weighted by Gasteiger charge is 2.34. The number of anilines is 2. The van der Waals surface area contributed by atoms with E-state index >= 15 is 0 Å². The molecule has 0 spiro atoms. The summed E-state index contributed by atoms with van der Waals surface area (Å²) in [5.74, 6) is -0.781. The number of hydrogen-bond acceptors (Lipinski definition) is 5. The second kappa shape index (κ2) is 8.60. The summed E-state index contributed by atoms with van der Waals surface area (Å²) in [6.45, 7) is 3.70. The Morgan fingerprint density at radius 1 is 1.20 bits per heavy atom. The van der Waals surface area contributed by atoms with E-state index < -0.39 is 17.6 Å². The van der Waals surface area contributed by atoms with E-state index in [9.17, 15) is 22.4 Å². The van der Waals surface area contributed by atoms with Gasteiger partial charge in [-0.25, -0.2) is 9.07 Å². The predicted molar refractivity (Wildman–Crippen MR) is 103 cm³/mol. The summed E-state index contributed by atoms with van der Waals surface area (Å²) >= 11 is 0. The molecule has 0 amide bonds. The van der Waals surface area contributed by atoms with Gasteiger partial charge in [0, 0.05) is 36.1 Å². The van der Waals surface area contributed by atoms with Crippen LogP contribution < -0.4 is 5.32 Å². The van der Waals surface area contributed by atoms with Crippen molar-refractivity contribution < 1.29 is 22.4 Å². The Labute approximate surface area is 170 Å². The third-order valence-corrected chi connectivity index (χ3v) is 4.25. The van der Waals surface area contributed by atoms with Gasteiger partial charge in [0.1, 0.15) is 11.6 Å². The first kappa shape index (κ1) is 21.4. The van der Waals surface area contributed by atoms with Gasteiger partial charge in [0.25, 0.3) is 0 Å². The predicted octanol–water partition coefficient (Wildman–Crippen LogP) is 4.92. The Morgan fingerprint density at radius 2 is 1.97 bits per heavy atom. The van der Waals surface area contributed by atoms with Crippen LogP contribution in [0.5, 0.6) is 0 Å². The molecule has 0 saturated heterocycles. The first-order valence-electron chi connectivity index (χ1n) is 9.14. The number of benzene rings is 1. The number of Topliss-reactive ketones (excluding diaryl/α,β-unsaturated/α-hetero) is 1. The summed E-state index contributed by atoms with van der Waals surface area (Å²) in [5.41, 5.74) is 0.107. The number of carbonyl (C=O) groups excluding carboxylic acids is 1. The molecule has 6 nitrogen and oxygen atoms in total. The van der Waals surface area contributed by atoms with Crippen molar-refractivity contribution >= 4 is 17.4 Å². The van der Waals surface area contributed by atoms with Crippen molar-refractivity contribution in [1.82, 2.24) is 19.7 Å². The number of halogens is 4. The lowest BCUT2D eigenvalue weighted by Gasteiger charge is -2.10. The van der Waals surface area contributed by atoms with Crippen molar-refractivity contribution in [2.75, 3.05) is 5.32 Å². The molecule has 30 heavy (non-hydrogen) atoms. The summed E-state index contributed by atoms with van der Waals surface area (Å²) in [5, 5.41) is 7.01. The number of carbonyl (C=O) groups is 1. The fourth-order valence-electron chi connectivity index (χ4n) is 2.88.